The zero-order valence-corrected chi connectivity index (χ0v) is 10.4. The summed E-state index contributed by atoms with van der Waals surface area (Å²) in [6.45, 7) is 0.299. The molecule has 1 aromatic carbocycles. The van der Waals surface area contributed by atoms with Crippen molar-refractivity contribution in [2.75, 3.05) is 0 Å². The average molecular weight is 269 g/mol. The van der Waals surface area contributed by atoms with Crippen LogP contribution in [0.2, 0.25) is 5.02 Å². The number of nitrogens with zero attached hydrogens (tertiary/aromatic N) is 1. The number of hydrogen-bond acceptors (Lipinski definition) is 3. The lowest BCUT2D eigenvalue weighted by Crippen LogP contribution is -2.33. The highest BCUT2D eigenvalue weighted by molar-refractivity contribution is 6.32. The maximum absolute atomic E-state index is 11.6. The van der Waals surface area contributed by atoms with Gasteiger partial charge in [-0.2, -0.15) is 0 Å². The summed E-state index contributed by atoms with van der Waals surface area (Å²) in [5.41, 5.74) is 0.547. The largest absolute Gasteiger partial charge is 0.352 e. The van der Waals surface area contributed by atoms with Gasteiger partial charge in [0.25, 0.3) is 5.69 Å². The predicted molar refractivity (Wildman–Crippen MR) is 67.3 cm³/mol. The first-order chi connectivity index (χ1) is 8.58. The second kappa shape index (κ2) is 5.35. The Morgan fingerprint density at radius 2 is 2.22 bits per heavy atom. The molecule has 1 aliphatic rings. The summed E-state index contributed by atoms with van der Waals surface area (Å²) in [5.74, 6) is 0.145. The Bertz CT molecular complexity index is 486. The van der Waals surface area contributed by atoms with Crippen molar-refractivity contribution < 1.29 is 9.72 Å². The van der Waals surface area contributed by atoms with Crippen LogP contribution >= 0.6 is 11.6 Å². The molecule has 6 heteroatoms. The van der Waals surface area contributed by atoms with Crippen molar-refractivity contribution in [2.24, 2.45) is 5.92 Å². The van der Waals surface area contributed by atoms with Crippen molar-refractivity contribution in [3.8, 4) is 0 Å². The molecule has 0 unspecified atom stereocenters. The molecule has 1 aromatic rings. The van der Waals surface area contributed by atoms with Crippen molar-refractivity contribution >= 4 is 23.2 Å². The molecule has 1 aliphatic carbocycles. The summed E-state index contributed by atoms with van der Waals surface area (Å²) >= 11 is 5.71. The smallest absolute Gasteiger partial charge is 0.288 e. The Labute approximate surface area is 109 Å². The number of carbonyl (C=O) groups excluding carboxylic acids is 1. The molecule has 1 saturated carbocycles. The van der Waals surface area contributed by atoms with Gasteiger partial charge in [0.1, 0.15) is 5.02 Å². The molecule has 1 fully saturated rings. The first-order valence-electron chi connectivity index (χ1n) is 5.78. The molecule has 0 saturated heterocycles. The highest BCUT2D eigenvalue weighted by Crippen LogP contribution is 2.27. The summed E-state index contributed by atoms with van der Waals surface area (Å²) in [7, 11) is 0. The van der Waals surface area contributed by atoms with Crippen molar-refractivity contribution in [1.29, 1.82) is 0 Å². The van der Waals surface area contributed by atoms with Gasteiger partial charge in [-0.25, -0.2) is 0 Å². The van der Waals surface area contributed by atoms with E-state index in [0.717, 1.165) is 19.3 Å². The number of hydrogen-bond donors (Lipinski definition) is 1. The molecule has 0 aromatic heterocycles. The van der Waals surface area contributed by atoms with E-state index in [0.29, 0.717) is 12.1 Å². The molecule has 2 rings (SSSR count). The topological polar surface area (TPSA) is 72.2 Å². The van der Waals surface area contributed by atoms with Crippen LogP contribution in [0, 0.1) is 16.0 Å². The zero-order valence-electron chi connectivity index (χ0n) is 9.69. The van der Waals surface area contributed by atoms with Gasteiger partial charge in [-0.15, -0.1) is 0 Å². The van der Waals surface area contributed by atoms with Crippen molar-refractivity contribution in [2.45, 2.75) is 25.8 Å². The lowest BCUT2D eigenvalue weighted by Gasteiger charge is -2.24. The van der Waals surface area contributed by atoms with Crippen LogP contribution in [0.4, 0.5) is 5.69 Å². The number of carbonyl (C=O) groups is 1. The van der Waals surface area contributed by atoms with Gasteiger partial charge < -0.3 is 5.32 Å². The van der Waals surface area contributed by atoms with E-state index in [4.69, 9.17) is 11.6 Å². The number of nitro groups is 1. The van der Waals surface area contributed by atoms with Gasteiger partial charge in [0.05, 0.1) is 4.92 Å². The normalized spacial score (nSPS) is 14.9. The van der Waals surface area contributed by atoms with Crippen molar-refractivity contribution in [3.63, 3.8) is 0 Å². The zero-order chi connectivity index (χ0) is 13.1. The highest BCUT2D eigenvalue weighted by atomic mass is 35.5. The molecule has 1 amide bonds. The second-order valence-electron chi connectivity index (χ2n) is 4.39. The number of rotatable bonds is 4. The van der Waals surface area contributed by atoms with E-state index in [1.807, 2.05) is 0 Å². The quantitative estimate of drug-likeness (QED) is 0.674. The molecular formula is C12H13ClN2O3. The first-order valence-corrected chi connectivity index (χ1v) is 6.16. The van der Waals surface area contributed by atoms with Gasteiger partial charge in [0, 0.05) is 18.5 Å². The maximum atomic E-state index is 11.6. The Morgan fingerprint density at radius 1 is 1.50 bits per heavy atom. The average Bonchev–Trinajstić information content (AvgIpc) is 2.25. The molecule has 0 spiro atoms. The van der Waals surface area contributed by atoms with E-state index in [1.54, 1.807) is 6.07 Å². The van der Waals surface area contributed by atoms with Gasteiger partial charge in [-0.3, -0.25) is 14.9 Å². The van der Waals surface area contributed by atoms with Crippen molar-refractivity contribution in [1.82, 2.24) is 5.32 Å². The molecule has 0 radical (unpaired) electrons. The molecule has 0 aliphatic heterocycles. The first kappa shape index (κ1) is 12.8. The third-order valence-electron chi connectivity index (χ3n) is 3.15. The number of benzene rings is 1. The maximum Gasteiger partial charge on any atom is 0.288 e. The molecule has 0 atom stereocenters. The van der Waals surface area contributed by atoms with E-state index in [-0.39, 0.29) is 22.5 Å². The van der Waals surface area contributed by atoms with E-state index < -0.39 is 4.92 Å². The molecule has 18 heavy (non-hydrogen) atoms. The second-order valence-corrected chi connectivity index (χ2v) is 4.80. The van der Waals surface area contributed by atoms with Crippen LogP contribution in [-0.4, -0.2) is 10.8 Å². The summed E-state index contributed by atoms with van der Waals surface area (Å²) in [6.07, 6.45) is 2.98. The fourth-order valence-corrected chi connectivity index (χ4v) is 2.00. The minimum atomic E-state index is -0.528. The third kappa shape index (κ3) is 2.79. The fourth-order valence-electron chi connectivity index (χ4n) is 1.81. The number of amides is 1. The summed E-state index contributed by atoms with van der Waals surface area (Å²) in [4.78, 5) is 21.8. The Balaban J connectivity index is 1.98. The Kier molecular flexibility index (Phi) is 3.81. The minimum Gasteiger partial charge on any atom is -0.352 e. The molecule has 5 nitrogen and oxygen atoms in total. The van der Waals surface area contributed by atoms with Crippen LogP contribution in [0.5, 0.6) is 0 Å². The Morgan fingerprint density at radius 3 is 2.78 bits per heavy atom. The van der Waals surface area contributed by atoms with Crippen LogP contribution < -0.4 is 5.32 Å². The third-order valence-corrected chi connectivity index (χ3v) is 3.47. The van der Waals surface area contributed by atoms with E-state index in [2.05, 4.69) is 5.32 Å². The molecule has 0 heterocycles. The predicted octanol–water partition coefficient (Wildman–Crippen LogP) is 2.66. The number of halogens is 1. The number of nitrogens with one attached hydrogen (secondary N) is 1. The van der Waals surface area contributed by atoms with Crippen LogP contribution in [-0.2, 0) is 11.3 Å². The fraction of sp³-hybridized carbons (Fsp3) is 0.417. The molecule has 0 bridgehead atoms. The van der Waals surface area contributed by atoms with Gasteiger partial charge >= 0.3 is 0 Å². The van der Waals surface area contributed by atoms with E-state index >= 15 is 0 Å². The van der Waals surface area contributed by atoms with Crippen LogP contribution in [0.1, 0.15) is 24.8 Å². The molecule has 96 valence electrons. The van der Waals surface area contributed by atoms with Gasteiger partial charge in [-0.1, -0.05) is 24.1 Å². The molecule has 1 N–H and O–H groups in total. The Hall–Kier alpha value is -1.62. The monoisotopic (exact) mass is 268 g/mol. The van der Waals surface area contributed by atoms with Crippen LogP contribution in [0.15, 0.2) is 18.2 Å². The SMILES string of the molecule is O=C(NCc1ccc(Cl)c([N+](=O)[O-])c1)C1CCC1. The lowest BCUT2D eigenvalue weighted by atomic mass is 9.85. The summed E-state index contributed by atoms with van der Waals surface area (Å²) in [6, 6.07) is 4.55. The van der Waals surface area contributed by atoms with E-state index in [9.17, 15) is 14.9 Å². The van der Waals surface area contributed by atoms with Gasteiger partial charge in [-0.05, 0) is 24.5 Å². The van der Waals surface area contributed by atoms with Crippen LogP contribution in [0.3, 0.4) is 0 Å². The van der Waals surface area contributed by atoms with Gasteiger partial charge in [0.15, 0.2) is 0 Å². The van der Waals surface area contributed by atoms with Gasteiger partial charge in [0.2, 0.25) is 5.91 Å². The lowest BCUT2D eigenvalue weighted by molar-refractivity contribution is -0.384. The minimum absolute atomic E-state index is 0.0267. The van der Waals surface area contributed by atoms with Crippen LogP contribution in [0.25, 0.3) is 0 Å². The summed E-state index contributed by atoms with van der Waals surface area (Å²) in [5, 5.41) is 13.6. The van der Waals surface area contributed by atoms with E-state index in [1.165, 1.54) is 12.1 Å². The number of nitro benzene ring substituents is 1. The molecular weight excluding hydrogens is 256 g/mol. The standard InChI is InChI=1S/C12H13ClN2O3/c13-10-5-4-8(6-11(10)15(17)18)7-14-12(16)9-2-1-3-9/h4-6,9H,1-3,7H2,(H,14,16). The summed E-state index contributed by atoms with van der Waals surface area (Å²) < 4.78 is 0. The van der Waals surface area contributed by atoms with Crippen molar-refractivity contribution in [3.05, 3.63) is 38.9 Å². The highest BCUT2D eigenvalue weighted by Gasteiger charge is 2.24.